The molecule has 1 aromatic heterocycles. The number of carboxylic acids is 1. The Bertz CT molecular complexity index is 366. The molecule has 0 radical (unpaired) electrons. The second-order valence-electron chi connectivity index (χ2n) is 3.54. The minimum Gasteiger partial charge on any atom is -0.481 e. The van der Waals surface area contributed by atoms with E-state index in [1.807, 2.05) is 20.8 Å². The van der Waals surface area contributed by atoms with Crippen molar-refractivity contribution < 1.29 is 9.90 Å². The van der Waals surface area contributed by atoms with Crippen molar-refractivity contribution in [2.45, 2.75) is 31.7 Å². The Morgan fingerprint density at radius 2 is 2.20 bits per heavy atom. The van der Waals surface area contributed by atoms with Crippen LogP contribution in [0.25, 0.3) is 0 Å². The summed E-state index contributed by atoms with van der Waals surface area (Å²) >= 11 is 1.22. The fourth-order valence-electron chi connectivity index (χ4n) is 1.03. The van der Waals surface area contributed by atoms with E-state index in [0.717, 1.165) is 16.5 Å². The molecule has 0 amide bonds. The van der Waals surface area contributed by atoms with Gasteiger partial charge in [0.05, 0.1) is 5.75 Å². The summed E-state index contributed by atoms with van der Waals surface area (Å²) in [6.45, 7) is 5.92. The van der Waals surface area contributed by atoms with E-state index in [9.17, 15) is 4.79 Å². The fourth-order valence-corrected chi connectivity index (χ4v) is 1.71. The van der Waals surface area contributed by atoms with E-state index in [4.69, 9.17) is 5.11 Å². The molecule has 0 atom stereocenters. The average molecular weight is 226 g/mol. The number of carboxylic acid groups (broad SMARTS) is 1. The molecule has 1 rings (SSSR count). The minimum atomic E-state index is -0.831. The quantitative estimate of drug-likeness (QED) is 0.629. The van der Waals surface area contributed by atoms with Crippen LogP contribution in [0.4, 0.5) is 0 Å². The third-order valence-electron chi connectivity index (χ3n) is 1.71. The van der Waals surface area contributed by atoms with Gasteiger partial charge in [-0.2, -0.15) is 0 Å². The van der Waals surface area contributed by atoms with Crippen molar-refractivity contribution in [2.75, 3.05) is 5.75 Å². The predicted octanol–water partition coefficient (Wildman–Crippen LogP) is 2.09. The molecule has 5 heteroatoms. The number of rotatable bonds is 4. The van der Waals surface area contributed by atoms with Crippen LogP contribution < -0.4 is 0 Å². The highest BCUT2D eigenvalue weighted by atomic mass is 32.2. The van der Waals surface area contributed by atoms with Gasteiger partial charge in [0.2, 0.25) is 0 Å². The largest absolute Gasteiger partial charge is 0.481 e. The van der Waals surface area contributed by atoms with E-state index in [2.05, 4.69) is 9.97 Å². The van der Waals surface area contributed by atoms with Crippen molar-refractivity contribution in [3.63, 3.8) is 0 Å². The van der Waals surface area contributed by atoms with Gasteiger partial charge in [-0.15, -0.1) is 0 Å². The van der Waals surface area contributed by atoms with Crippen LogP contribution in [0.2, 0.25) is 0 Å². The molecule has 0 saturated heterocycles. The monoisotopic (exact) mass is 226 g/mol. The zero-order chi connectivity index (χ0) is 11.4. The fraction of sp³-hybridized carbons (Fsp3) is 0.500. The lowest BCUT2D eigenvalue weighted by molar-refractivity contribution is -0.133. The number of nitrogens with zero attached hydrogens (tertiary/aromatic N) is 2. The van der Waals surface area contributed by atoms with Crippen LogP contribution in [-0.2, 0) is 4.79 Å². The molecule has 0 aliphatic heterocycles. The summed E-state index contributed by atoms with van der Waals surface area (Å²) in [6, 6.07) is 1.81. The molecule has 1 aromatic rings. The maximum Gasteiger partial charge on any atom is 0.313 e. The predicted molar refractivity (Wildman–Crippen MR) is 59.2 cm³/mol. The van der Waals surface area contributed by atoms with Gasteiger partial charge in [-0.25, -0.2) is 9.97 Å². The summed E-state index contributed by atoms with van der Waals surface area (Å²) in [7, 11) is 0. The Morgan fingerprint density at radius 3 is 2.73 bits per heavy atom. The first-order valence-electron chi connectivity index (χ1n) is 4.69. The Kier molecular flexibility index (Phi) is 4.08. The summed E-state index contributed by atoms with van der Waals surface area (Å²) in [5, 5.41) is 9.29. The molecule has 4 nitrogen and oxygen atoms in total. The first-order chi connectivity index (χ1) is 6.99. The second-order valence-corrected chi connectivity index (χ2v) is 4.54. The molecule has 15 heavy (non-hydrogen) atoms. The van der Waals surface area contributed by atoms with Crippen LogP contribution >= 0.6 is 11.8 Å². The van der Waals surface area contributed by atoms with Crippen molar-refractivity contribution in [2.24, 2.45) is 0 Å². The minimum absolute atomic E-state index is 0.0357. The van der Waals surface area contributed by atoms with Gasteiger partial charge in [0.1, 0.15) is 10.9 Å². The molecule has 0 spiro atoms. The van der Waals surface area contributed by atoms with Crippen molar-refractivity contribution in [1.29, 1.82) is 0 Å². The van der Waals surface area contributed by atoms with Gasteiger partial charge in [0, 0.05) is 11.6 Å². The van der Waals surface area contributed by atoms with Gasteiger partial charge in [-0.05, 0) is 13.0 Å². The van der Waals surface area contributed by atoms with Crippen molar-refractivity contribution in [3.8, 4) is 0 Å². The van der Waals surface area contributed by atoms with Crippen molar-refractivity contribution in [1.82, 2.24) is 9.97 Å². The second kappa shape index (κ2) is 5.11. The molecule has 0 saturated carbocycles. The first-order valence-corrected chi connectivity index (χ1v) is 5.67. The molecular formula is C10H14N2O2S. The van der Waals surface area contributed by atoms with Gasteiger partial charge in [0.15, 0.2) is 0 Å². The number of aliphatic carboxylic acids is 1. The van der Waals surface area contributed by atoms with Gasteiger partial charge in [-0.3, -0.25) is 4.79 Å². The lowest BCUT2D eigenvalue weighted by Crippen LogP contribution is -2.02. The van der Waals surface area contributed by atoms with E-state index < -0.39 is 5.97 Å². The van der Waals surface area contributed by atoms with Crippen LogP contribution in [0, 0.1) is 6.92 Å². The normalized spacial score (nSPS) is 10.7. The maximum absolute atomic E-state index is 10.4. The van der Waals surface area contributed by atoms with E-state index in [1.165, 1.54) is 11.8 Å². The lowest BCUT2D eigenvalue weighted by atomic mass is 10.2. The third kappa shape index (κ3) is 3.87. The van der Waals surface area contributed by atoms with Crippen LogP contribution in [-0.4, -0.2) is 26.8 Å². The Balaban J connectivity index is 2.84. The Hall–Kier alpha value is -1.10. The van der Waals surface area contributed by atoms with Crippen LogP contribution in [0.5, 0.6) is 0 Å². The third-order valence-corrected chi connectivity index (χ3v) is 2.60. The van der Waals surface area contributed by atoms with Crippen LogP contribution in [0.15, 0.2) is 11.1 Å². The number of hydrogen-bond acceptors (Lipinski definition) is 4. The van der Waals surface area contributed by atoms with Gasteiger partial charge in [0.25, 0.3) is 0 Å². The maximum atomic E-state index is 10.4. The van der Waals surface area contributed by atoms with E-state index in [0.29, 0.717) is 0 Å². The van der Waals surface area contributed by atoms with E-state index in [1.54, 1.807) is 6.07 Å². The average Bonchev–Trinajstić information content (AvgIpc) is 2.13. The van der Waals surface area contributed by atoms with E-state index in [-0.39, 0.29) is 11.7 Å². The summed E-state index contributed by atoms with van der Waals surface area (Å²) in [5.74, 6) is 0.230. The van der Waals surface area contributed by atoms with E-state index >= 15 is 0 Å². The zero-order valence-electron chi connectivity index (χ0n) is 9.02. The Labute approximate surface area is 93.1 Å². The molecule has 0 aromatic carbocycles. The number of aryl methyl sites for hydroxylation is 1. The molecule has 0 bridgehead atoms. The highest BCUT2D eigenvalue weighted by molar-refractivity contribution is 7.99. The SMILES string of the molecule is Cc1cc(SCC(=O)O)nc(C(C)C)n1. The number of aromatic nitrogens is 2. The standard InChI is InChI=1S/C10H14N2O2S/c1-6(2)10-11-7(3)4-8(12-10)15-5-9(13)14/h4,6H,5H2,1-3H3,(H,13,14). The van der Waals surface area contributed by atoms with Gasteiger partial charge < -0.3 is 5.11 Å². The molecule has 1 N–H and O–H groups in total. The van der Waals surface area contributed by atoms with Crippen molar-refractivity contribution >= 4 is 17.7 Å². The number of thioether (sulfide) groups is 1. The molecule has 0 aliphatic carbocycles. The molecule has 0 aliphatic rings. The van der Waals surface area contributed by atoms with Crippen LogP contribution in [0.3, 0.4) is 0 Å². The van der Waals surface area contributed by atoms with Crippen LogP contribution in [0.1, 0.15) is 31.3 Å². The molecule has 82 valence electrons. The summed E-state index contributed by atoms with van der Waals surface area (Å²) < 4.78 is 0. The zero-order valence-corrected chi connectivity index (χ0v) is 9.84. The summed E-state index contributed by atoms with van der Waals surface area (Å²) in [6.07, 6.45) is 0. The molecular weight excluding hydrogens is 212 g/mol. The summed E-state index contributed by atoms with van der Waals surface area (Å²) in [5.41, 5.74) is 0.876. The molecule has 0 unspecified atom stereocenters. The first kappa shape index (κ1) is 12.0. The highest BCUT2D eigenvalue weighted by Crippen LogP contribution is 2.18. The molecule has 0 fully saturated rings. The summed E-state index contributed by atoms with van der Waals surface area (Å²) in [4.78, 5) is 19.0. The smallest absolute Gasteiger partial charge is 0.313 e. The molecule has 1 heterocycles. The topological polar surface area (TPSA) is 63.1 Å². The Morgan fingerprint density at radius 1 is 1.53 bits per heavy atom. The number of hydrogen-bond donors (Lipinski definition) is 1. The lowest BCUT2D eigenvalue weighted by Gasteiger charge is -2.06. The van der Waals surface area contributed by atoms with Crippen molar-refractivity contribution in [3.05, 3.63) is 17.6 Å². The number of carbonyl (C=O) groups is 1. The van der Waals surface area contributed by atoms with Gasteiger partial charge >= 0.3 is 5.97 Å². The van der Waals surface area contributed by atoms with Gasteiger partial charge in [-0.1, -0.05) is 25.6 Å². The highest BCUT2D eigenvalue weighted by Gasteiger charge is 2.07.